The maximum Gasteiger partial charge on any atom is 0.0464 e. The number of hydrogen-bond acceptors (Lipinski definition) is 0. The van der Waals surface area contributed by atoms with Crippen molar-refractivity contribution in [1.82, 2.24) is 15.0 Å². The van der Waals surface area contributed by atoms with E-state index in [9.17, 15) is 0 Å². The summed E-state index contributed by atoms with van der Waals surface area (Å²) in [4.78, 5) is 9.36. The summed E-state index contributed by atoms with van der Waals surface area (Å²) in [5.74, 6) is 0. The normalized spacial score (nSPS) is 10.2. The lowest BCUT2D eigenvalue weighted by Gasteiger charge is -1.87. The molecule has 3 nitrogen and oxygen atoms in total. The molecule has 6 rings (SSSR count). The van der Waals surface area contributed by atoms with Crippen LogP contribution >= 0.6 is 0 Å². The van der Waals surface area contributed by atoms with Gasteiger partial charge in [0, 0.05) is 45.9 Å². The third-order valence-corrected chi connectivity index (χ3v) is 4.37. The molecule has 3 heterocycles. The summed E-state index contributed by atoms with van der Waals surface area (Å²) in [6.45, 7) is 0. The van der Waals surface area contributed by atoms with E-state index in [-0.39, 0.29) is 0 Å². The fourth-order valence-corrected chi connectivity index (χ4v) is 3.07. The summed E-state index contributed by atoms with van der Waals surface area (Å²) < 4.78 is 0. The van der Waals surface area contributed by atoms with Crippen LogP contribution in [0.4, 0.5) is 0 Å². The highest BCUT2D eigenvalue weighted by Gasteiger charge is 2.00. The van der Waals surface area contributed by atoms with Gasteiger partial charge < -0.3 is 15.0 Å². The van der Waals surface area contributed by atoms with Crippen LogP contribution in [-0.2, 0) is 0 Å². The zero-order valence-corrected chi connectivity index (χ0v) is 14.9. The van der Waals surface area contributed by atoms with E-state index in [1.165, 1.54) is 32.7 Å². The van der Waals surface area contributed by atoms with Gasteiger partial charge in [-0.15, -0.1) is 0 Å². The van der Waals surface area contributed by atoms with Gasteiger partial charge in [-0.2, -0.15) is 0 Å². The van der Waals surface area contributed by atoms with Crippen molar-refractivity contribution in [3.05, 3.63) is 110 Å². The number of nitrogens with one attached hydrogen (secondary N) is 3. The molecule has 0 amide bonds. The Balaban J connectivity index is 0.000000111. The summed E-state index contributed by atoms with van der Waals surface area (Å²) in [5.41, 5.74) is 3.63. The van der Waals surface area contributed by atoms with E-state index in [2.05, 4.69) is 81.7 Å². The molecule has 27 heavy (non-hydrogen) atoms. The van der Waals surface area contributed by atoms with E-state index in [0.29, 0.717) is 0 Å². The molecule has 0 unspecified atom stereocenters. The lowest BCUT2D eigenvalue weighted by Crippen LogP contribution is -1.62. The van der Waals surface area contributed by atoms with E-state index >= 15 is 0 Å². The molecule has 132 valence electrons. The highest BCUT2D eigenvalue weighted by atomic mass is 14.7. The average molecular weight is 351 g/mol. The Bertz CT molecular complexity index is 1130. The predicted molar refractivity (Wildman–Crippen MR) is 115 cm³/mol. The van der Waals surface area contributed by atoms with Crippen molar-refractivity contribution in [3.8, 4) is 0 Å². The Morgan fingerprint density at radius 1 is 0.444 bits per heavy atom. The largest absolute Gasteiger partial charge is 0.368 e. The van der Waals surface area contributed by atoms with Crippen molar-refractivity contribution in [2.24, 2.45) is 0 Å². The smallest absolute Gasteiger partial charge is 0.0464 e. The molecule has 3 heteroatoms. The van der Waals surface area contributed by atoms with Gasteiger partial charge in [0.05, 0.1) is 0 Å². The van der Waals surface area contributed by atoms with Crippen molar-refractivity contribution in [3.63, 3.8) is 0 Å². The molecule has 0 aliphatic heterocycles. The monoisotopic (exact) mass is 351 g/mol. The van der Waals surface area contributed by atoms with Gasteiger partial charge in [0.15, 0.2) is 0 Å². The third kappa shape index (κ3) is 3.93. The van der Waals surface area contributed by atoms with Crippen LogP contribution in [0.1, 0.15) is 0 Å². The number of aromatic nitrogens is 3. The first-order valence-electron chi connectivity index (χ1n) is 8.97. The van der Waals surface area contributed by atoms with Gasteiger partial charge in [0.2, 0.25) is 0 Å². The molecule has 0 bridgehead atoms. The molecule has 0 atom stereocenters. The zero-order valence-electron chi connectivity index (χ0n) is 14.9. The molecule has 0 aliphatic rings. The van der Waals surface area contributed by atoms with Crippen LogP contribution in [0.3, 0.4) is 0 Å². The molecule has 0 saturated heterocycles. The standard InChI is InChI=1S/C12H9N.C8H7N.C4H5N/c1-3-7-11-9(5-1)10-6-2-4-8-12(10)13-11;1-2-4-8-7(3-1)5-6-9-8;1-2-4-5-3-1/h1-8,13H;1-6,9H;1-5H. The molecule has 0 fully saturated rings. The van der Waals surface area contributed by atoms with E-state index in [1.807, 2.05) is 42.9 Å². The van der Waals surface area contributed by atoms with E-state index in [4.69, 9.17) is 0 Å². The molecule has 0 radical (unpaired) electrons. The van der Waals surface area contributed by atoms with Crippen molar-refractivity contribution >= 4 is 32.7 Å². The van der Waals surface area contributed by atoms with Crippen LogP contribution in [0.5, 0.6) is 0 Å². The van der Waals surface area contributed by atoms with Crippen LogP contribution < -0.4 is 0 Å². The van der Waals surface area contributed by atoms with E-state index in [1.54, 1.807) is 0 Å². The quantitative estimate of drug-likeness (QED) is 0.280. The Hall–Kier alpha value is -3.72. The number of aromatic amines is 3. The van der Waals surface area contributed by atoms with Crippen LogP contribution in [0.25, 0.3) is 32.7 Å². The van der Waals surface area contributed by atoms with Gasteiger partial charge in [-0.3, -0.25) is 0 Å². The molecule has 3 aromatic carbocycles. The summed E-state index contributed by atoms with van der Waals surface area (Å²) in [6.07, 6.45) is 5.70. The Labute approximate surface area is 157 Å². The predicted octanol–water partition coefficient (Wildman–Crippen LogP) is 6.50. The molecule has 3 N–H and O–H groups in total. The second-order valence-electron chi connectivity index (χ2n) is 6.17. The summed E-state index contributed by atoms with van der Waals surface area (Å²) >= 11 is 0. The maximum absolute atomic E-state index is 3.38. The number of fused-ring (bicyclic) bond motifs is 4. The molecule has 0 saturated carbocycles. The highest BCUT2D eigenvalue weighted by molar-refractivity contribution is 6.06. The van der Waals surface area contributed by atoms with Crippen LogP contribution in [0, 0.1) is 0 Å². The first-order chi connectivity index (χ1) is 13.4. The summed E-state index contributed by atoms with van der Waals surface area (Å²) in [7, 11) is 0. The van der Waals surface area contributed by atoms with Gasteiger partial charge >= 0.3 is 0 Å². The maximum atomic E-state index is 3.38. The average Bonchev–Trinajstić information content (AvgIpc) is 3.49. The molecular formula is C24H21N3. The highest BCUT2D eigenvalue weighted by Crippen LogP contribution is 2.24. The van der Waals surface area contributed by atoms with Gasteiger partial charge in [0.1, 0.15) is 0 Å². The molecule has 0 aliphatic carbocycles. The molecular weight excluding hydrogens is 330 g/mol. The van der Waals surface area contributed by atoms with Gasteiger partial charge in [0.25, 0.3) is 0 Å². The Morgan fingerprint density at radius 2 is 1.00 bits per heavy atom. The SMILES string of the molecule is c1cc[nH]c1.c1ccc2[nH]ccc2c1.c1ccc2c(c1)[nH]c1ccccc12. The van der Waals surface area contributed by atoms with Gasteiger partial charge in [-0.25, -0.2) is 0 Å². The first-order valence-corrected chi connectivity index (χ1v) is 8.97. The fraction of sp³-hybridized carbons (Fsp3) is 0. The second kappa shape index (κ2) is 8.11. The van der Waals surface area contributed by atoms with Crippen LogP contribution in [0.15, 0.2) is 110 Å². The molecule has 0 spiro atoms. The summed E-state index contributed by atoms with van der Waals surface area (Å²) in [6, 6.07) is 30.9. The van der Waals surface area contributed by atoms with Gasteiger partial charge in [-0.05, 0) is 41.8 Å². The van der Waals surface area contributed by atoms with Crippen molar-refractivity contribution in [1.29, 1.82) is 0 Å². The van der Waals surface area contributed by atoms with E-state index in [0.717, 1.165) is 0 Å². The minimum atomic E-state index is 1.21. The molecule has 6 aromatic rings. The lowest BCUT2D eigenvalue weighted by atomic mass is 10.2. The van der Waals surface area contributed by atoms with Crippen LogP contribution in [-0.4, -0.2) is 15.0 Å². The number of hydrogen-bond donors (Lipinski definition) is 3. The lowest BCUT2D eigenvalue weighted by molar-refractivity contribution is 1.42. The number of rotatable bonds is 0. The van der Waals surface area contributed by atoms with E-state index < -0.39 is 0 Å². The topological polar surface area (TPSA) is 47.4 Å². The second-order valence-corrected chi connectivity index (χ2v) is 6.17. The minimum absolute atomic E-state index is 1.21. The minimum Gasteiger partial charge on any atom is -0.368 e. The number of benzene rings is 3. The Kier molecular flexibility index (Phi) is 5.02. The first kappa shape index (κ1) is 16.7. The number of H-pyrrole nitrogens is 3. The zero-order chi connectivity index (χ0) is 18.3. The number of para-hydroxylation sites is 3. The Morgan fingerprint density at radius 3 is 1.56 bits per heavy atom. The van der Waals surface area contributed by atoms with Crippen molar-refractivity contribution < 1.29 is 0 Å². The summed E-state index contributed by atoms with van der Waals surface area (Å²) in [5, 5.41) is 3.88. The van der Waals surface area contributed by atoms with Crippen molar-refractivity contribution in [2.45, 2.75) is 0 Å². The molecule has 3 aromatic heterocycles. The fourth-order valence-electron chi connectivity index (χ4n) is 3.07. The third-order valence-electron chi connectivity index (χ3n) is 4.37. The van der Waals surface area contributed by atoms with Gasteiger partial charge in [-0.1, -0.05) is 54.6 Å². The van der Waals surface area contributed by atoms with Crippen molar-refractivity contribution in [2.75, 3.05) is 0 Å². The van der Waals surface area contributed by atoms with Crippen LogP contribution in [0.2, 0.25) is 0 Å².